The highest BCUT2D eigenvalue weighted by molar-refractivity contribution is 7.89. The van der Waals surface area contributed by atoms with Crippen LogP contribution in [0.4, 0.5) is 5.69 Å². The molecule has 10 heteroatoms. The lowest BCUT2D eigenvalue weighted by Gasteiger charge is -2.26. The highest BCUT2D eigenvalue weighted by atomic mass is 32.2. The molecular weight excluding hydrogens is 468 g/mol. The zero-order valence-corrected chi connectivity index (χ0v) is 20.6. The average Bonchev–Trinajstić information content (AvgIpc) is 3.72. The summed E-state index contributed by atoms with van der Waals surface area (Å²) < 4.78 is 28.1. The van der Waals surface area contributed by atoms with Crippen molar-refractivity contribution in [2.45, 2.75) is 69.1 Å². The van der Waals surface area contributed by atoms with Gasteiger partial charge in [0.25, 0.3) is 5.91 Å². The molecule has 3 amide bonds. The van der Waals surface area contributed by atoms with E-state index in [2.05, 4.69) is 15.4 Å². The first-order valence-electron chi connectivity index (χ1n) is 11.7. The van der Waals surface area contributed by atoms with Crippen molar-refractivity contribution in [2.24, 2.45) is 0 Å². The van der Waals surface area contributed by atoms with Crippen LogP contribution in [0.2, 0.25) is 0 Å². The molecule has 0 aromatic heterocycles. The van der Waals surface area contributed by atoms with Gasteiger partial charge in [0, 0.05) is 36.8 Å². The van der Waals surface area contributed by atoms with E-state index < -0.39 is 16.1 Å². The Morgan fingerprint density at radius 2 is 1.60 bits per heavy atom. The van der Waals surface area contributed by atoms with Crippen LogP contribution in [0.1, 0.15) is 55.5 Å². The molecule has 2 aliphatic rings. The first-order valence-corrected chi connectivity index (χ1v) is 13.2. The second-order valence-electron chi connectivity index (χ2n) is 9.19. The van der Waals surface area contributed by atoms with Crippen molar-refractivity contribution in [3.05, 3.63) is 59.7 Å². The zero-order valence-electron chi connectivity index (χ0n) is 19.8. The molecule has 3 N–H and O–H groups in total. The number of carbonyl (C=O) groups excluding carboxylic acids is 3. The standard InChI is InChI=1S/C25H30N4O5S/c1-16(28-35(33,34)23-13-9-20(10-14-23)26-17(2)30)25(32)29(22-11-12-22)15-18-3-5-19(6-4-18)24(31)27-21-7-8-21/h3-6,9-10,13-14,16,21-22,28H,7-8,11-12,15H2,1-2H3,(H,26,30)(H,27,31)/t16-/m0/s1. The van der Waals surface area contributed by atoms with E-state index in [1.165, 1.54) is 38.1 Å². The Morgan fingerprint density at radius 3 is 2.14 bits per heavy atom. The van der Waals surface area contributed by atoms with Crippen LogP contribution in [0.15, 0.2) is 53.4 Å². The lowest BCUT2D eigenvalue weighted by Crippen LogP contribution is -2.47. The van der Waals surface area contributed by atoms with Crippen molar-refractivity contribution in [1.29, 1.82) is 0 Å². The molecule has 2 fully saturated rings. The number of carbonyl (C=O) groups is 3. The fraction of sp³-hybridized carbons (Fsp3) is 0.400. The Hall–Kier alpha value is -3.24. The van der Waals surface area contributed by atoms with Crippen molar-refractivity contribution in [3.8, 4) is 0 Å². The van der Waals surface area contributed by atoms with E-state index in [1.807, 2.05) is 12.1 Å². The van der Waals surface area contributed by atoms with Gasteiger partial charge in [-0.3, -0.25) is 14.4 Å². The Morgan fingerprint density at radius 1 is 0.971 bits per heavy atom. The smallest absolute Gasteiger partial charge is 0.251 e. The van der Waals surface area contributed by atoms with Gasteiger partial charge < -0.3 is 15.5 Å². The molecule has 2 aromatic carbocycles. The molecule has 35 heavy (non-hydrogen) atoms. The van der Waals surface area contributed by atoms with Crippen molar-refractivity contribution < 1.29 is 22.8 Å². The van der Waals surface area contributed by atoms with Crippen LogP contribution in [0.5, 0.6) is 0 Å². The number of nitrogens with zero attached hydrogens (tertiary/aromatic N) is 1. The molecule has 9 nitrogen and oxygen atoms in total. The maximum absolute atomic E-state index is 13.2. The second kappa shape index (κ2) is 10.2. The minimum absolute atomic E-state index is 0.00397. The molecule has 0 spiro atoms. The molecule has 0 radical (unpaired) electrons. The lowest BCUT2D eigenvalue weighted by molar-refractivity contribution is -0.133. The van der Waals surface area contributed by atoms with Gasteiger partial charge in [-0.05, 0) is 74.6 Å². The molecule has 0 unspecified atom stereocenters. The van der Waals surface area contributed by atoms with Gasteiger partial charge in [-0.2, -0.15) is 4.72 Å². The summed E-state index contributed by atoms with van der Waals surface area (Å²) in [4.78, 5) is 38.3. The highest BCUT2D eigenvalue weighted by Gasteiger charge is 2.36. The largest absolute Gasteiger partial charge is 0.349 e. The van der Waals surface area contributed by atoms with E-state index in [9.17, 15) is 22.8 Å². The number of hydrogen-bond acceptors (Lipinski definition) is 5. The van der Waals surface area contributed by atoms with Crippen LogP contribution >= 0.6 is 0 Å². The van der Waals surface area contributed by atoms with Crippen LogP contribution in [0.25, 0.3) is 0 Å². The first kappa shape index (κ1) is 24.9. The monoisotopic (exact) mass is 498 g/mol. The molecule has 186 valence electrons. The zero-order chi connectivity index (χ0) is 25.2. The number of hydrogen-bond donors (Lipinski definition) is 3. The normalized spacial score (nSPS) is 16.3. The summed E-state index contributed by atoms with van der Waals surface area (Å²) in [7, 11) is -3.94. The van der Waals surface area contributed by atoms with Gasteiger partial charge in [0.15, 0.2) is 0 Å². The average molecular weight is 499 g/mol. The van der Waals surface area contributed by atoms with E-state index in [4.69, 9.17) is 0 Å². The number of rotatable bonds is 10. The van der Waals surface area contributed by atoms with Gasteiger partial charge in [-0.1, -0.05) is 12.1 Å². The number of nitrogens with one attached hydrogen (secondary N) is 3. The molecule has 2 aromatic rings. The highest BCUT2D eigenvalue weighted by Crippen LogP contribution is 2.29. The summed E-state index contributed by atoms with van der Waals surface area (Å²) >= 11 is 0. The number of amides is 3. The van der Waals surface area contributed by atoms with Gasteiger partial charge in [0.1, 0.15) is 0 Å². The Kier molecular flexibility index (Phi) is 7.23. The Bertz CT molecular complexity index is 1200. The maximum Gasteiger partial charge on any atom is 0.251 e. The maximum atomic E-state index is 13.2. The number of benzene rings is 2. The fourth-order valence-electron chi connectivity index (χ4n) is 3.75. The summed E-state index contributed by atoms with van der Waals surface area (Å²) in [5, 5.41) is 5.53. The van der Waals surface area contributed by atoms with E-state index in [0.717, 1.165) is 31.2 Å². The van der Waals surface area contributed by atoms with Crippen molar-refractivity contribution >= 4 is 33.4 Å². The molecule has 2 saturated carbocycles. The molecule has 0 heterocycles. The SMILES string of the molecule is CC(=O)Nc1ccc(S(=O)(=O)N[C@@H](C)C(=O)N(Cc2ccc(C(=O)NC3CC3)cc2)C2CC2)cc1. The van der Waals surface area contributed by atoms with E-state index in [0.29, 0.717) is 17.8 Å². The van der Waals surface area contributed by atoms with Crippen LogP contribution in [0.3, 0.4) is 0 Å². The molecule has 1 atom stereocenters. The summed E-state index contributed by atoms with van der Waals surface area (Å²) in [6.45, 7) is 3.24. The van der Waals surface area contributed by atoms with Crippen molar-refractivity contribution in [1.82, 2.24) is 14.9 Å². The summed E-state index contributed by atoms with van der Waals surface area (Å²) in [6, 6.07) is 12.3. The molecule has 2 aliphatic carbocycles. The number of sulfonamides is 1. The lowest BCUT2D eigenvalue weighted by atomic mass is 10.1. The van der Waals surface area contributed by atoms with E-state index in [1.54, 1.807) is 17.0 Å². The van der Waals surface area contributed by atoms with Gasteiger partial charge in [0.05, 0.1) is 10.9 Å². The molecule has 0 bridgehead atoms. The van der Waals surface area contributed by atoms with E-state index >= 15 is 0 Å². The van der Waals surface area contributed by atoms with Crippen LogP contribution < -0.4 is 15.4 Å². The summed E-state index contributed by atoms with van der Waals surface area (Å²) in [6.07, 6.45) is 3.79. The third kappa shape index (κ3) is 6.67. The Balaban J connectivity index is 1.39. The third-order valence-electron chi connectivity index (χ3n) is 5.94. The number of anilines is 1. The van der Waals surface area contributed by atoms with Crippen molar-refractivity contribution in [3.63, 3.8) is 0 Å². The molecule has 4 rings (SSSR count). The summed E-state index contributed by atoms with van der Waals surface area (Å²) in [5.74, 6) is -0.655. The molecule has 0 saturated heterocycles. The third-order valence-corrected chi connectivity index (χ3v) is 7.50. The van der Waals surface area contributed by atoms with Crippen molar-refractivity contribution in [2.75, 3.05) is 5.32 Å². The molecule has 0 aliphatic heterocycles. The topological polar surface area (TPSA) is 125 Å². The summed E-state index contributed by atoms with van der Waals surface area (Å²) in [5.41, 5.74) is 1.93. The Labute approximate surface area is 205 Å². The predicted octanol–water partition coefficient (Wildman–Crippen LogP) is 2.40. The predicted molar refractivity (Wildman–Crippen MR) is 131 cm³/mol. The van der Waals surface area contributed by atoms with Gasteiger partial charge in [0.2, 0.25) is 21.8 Å². The second-order valence-corrected chi connectivity index (χ2v) is 10.9. The quantitative estimate of drug-likeness (QED) is 0.464. The minimum atomic E-state index is -3.94. The van der Waals surface area contributed by atoms with Gasteiger partial charge in [-0.25, -0.2) is 8.42 Å². The fourth-order valence-corrected chi connectivity index (χ4v) is 4.95. The van der Waals surface area contributed by atoms with E-state index in [-0.39, 0.29) is 34.7 Å². The van der Waals surface area contributed by atoms with Crippen LogP contribution in [0, 0.1) is 0 Å². The minimum Gasteiger partial charge on any atom is -0.349 e. The van der Waals surface area contributed by atoms with Crippen LogP contribution in [-0.4, -0.2) is 49.2 Å². The van der Waals surface area contributed by atoms with Crippen LogP contribution in [-0.2, 0) is 26.2 Å². The molecular formula is C25H30N4O5S. The van der Waals surface area contributed by atoms with Gasteiger partial charge >= 0.3 is 0 Å². The first-order chi connectivity index (χ1) is 16.6. The van der Waals surface area contributed by atoms with Gasteiger partial charge in [-0.15, -0.1) is 0 Å².